The Morgan fingerprint density at radius 1 is 1.19 bits per heavy atom. The quantitative estimate of drug-likeness (QED) is 0.859. The fraction of sp³-hybridized carbons (Fsp3) is 0.421. The summed E-state index contributed by atoms with van der Waals surface area (Å²) >= 11 is 0. The fourth-order valence-corrected chi connectivity index (χ4v) is 2.78. The maximum Gasteiger partial charge on any atom is 0.258 e. The van der Waals surface area contributed by atoms with E-state index in [0.717, 1.165) is 42.8 Å². The van der Waals surface area contributed by atoms with E-state index < -0.39 is 0 Å². The number of nitrogens with one attached hydrogen (secondary N) is 1. The number of halogens is 1. The van der Waals surface area contributed by atoms with Crippen LogP contribution in [0.1, 0.15) is 29.7 Å². The van der Waals surface area contributed by atoms with Crippen molar-refractivity contribution >= 4 is 11.9 Å². The number of amides is 1. The van der Waals surface area contributed by atoms with Crippen molar-refractivity contribution in [1.29, 1.82) is 0 Å². The van der Waals surface area contributed by atoms with Crippen molar-refractivity contribution in [3.63, 3.8) is 0 Å². The van der Waals surface area contributed by atoms with E-state index in [9.17, 15) is 9.18 Å². The number of ether oxygens (including phenoxy) is 1. The van der Waals surface area contributed by atoms with Gasteiger partial charge in [0.2, 0.25) is 11.8 Å². The Balaban J connectivity index is 1.57. The van der Waals surface area contributed by atoms with Gasteiger partial charge in [0.15, 0.2) is 6.61 Å². The van der Waals surface area contributed by atoms with E-state index in [1.807, 2.05) is 13.8 Å². The lowest BCUT2D eigenvalue weighted by Crippen LogP contribution is -2.29. The lowest BCUT2D eigenvalue weighted by Gasteiger charge is -2.18. The number of carbonyl (C=O) groups excluding carboxylic acids is 1. The molecular formula is C19H23FN4O2. The molecule has 138 valence electrons. The number of carbonyl (C=O) groups is 1. The average molecular weight is 358 g/mol. The Kier molecular flexibility index (Phi) is 5.65. The first kappa shape index (κ1) is 18.1. The zero-order valence-electron chi connectivity index (χ0n) is 15.1. The molecule has 1 aromatic heterocycles. The molecule has 0 aliphatic carbocycles. The lowest BCUT2D eigenvalue weighted by atomic mass is 10.2. The largest absolute Gasteiger partial charge is 0.467 e. The third kappa shape index (κ3) is 4.47. The summed E-state index contributed by atoms with van der Waals surface area (Å²) in [7, 11) is 0. The van der Waals surface area contributed by atoms with Crippen LogP contribution in [0.4, 0.5) is 10.3 Å². The van der Waals surface area contributed by atoms with Crippen molar-refractivity contribution in [2.45, 2.75) is 33.2 Å². The molecular weight excluding hydrogens is 335 g/mol. The first-order valence-corrected chi connectivity index (χ1v) is 8.77. The molecule has 6 nitrogen and oxygen atoms in total. The first-order chi connectivity index (χ1) is 12.5. The normalized spacial score (nSPS) is 13.7. The summed E-state index contributed by atoms with van der Waals surface area (Å²) in [6.45, 7) is 5.88. The van der Waals surface area contributed by atoms with E-state index >= 15 is 0 Å². The van der Waals surface area contributed by atoms with Gasteiger partial charge in [0.1, 0.15) is 5.82 Å². The molecule has 0 radical (unpaired) electrons. The van der Waals surface area contributed by atoms with Gasteiger partial charge in [0.25, 0.3) is 5.91 Å². The van der Waals surface area contributed by atoms with Crippen LogP contribution in [0.15, 0.2) is 24.3 Å². The molecule has 0 atom stereocenters. The van der Waals surface area contributed by atoms with Crippen molar-refractivity contribution in [2.24, 2.45) is 0 Å². The van der Waals surface area contributed by atoms with Gasteiger partial charge < -0.3 is 15.0 Å². The summed E-state index contributed by atoms with van der Waals surface area (Å²) in [6.07, 6.45) is 2.27. The minimum atomic E-state index is -0.299. The van der Waals surface area contributed by atoms with Crippen LogP contribution in [0, 0.1) is 19.7 Å². The number of aryl methyl sites for hydroxylation is 1. The van der Waals surface area contributed by atoms with Gasteiger partial charge in [-0.1, -0.05) is 12.1 Å². The lowest BCUT2D eigenvalue weighted by molar-refractivity contribution is -0.123. The van der Waals surface area contributed by atoms with Gasteiger partial charge in [-0.05, 0) is 44.4 Å². The highest BCUT2D eigenvalue weighted by atomic mass is 19.1. The predicted octanol–water partition coefficient (Wildman–Crippen LogP) is 2.53. The second-order valence-electron chi connectivity index (χ2n) is 6.43. The van der Waals surface area contributed by atoms with Crippen LogP contribution in [-0.2, 0) is 11.3 Å². The molecule has 1 fully saturated rings. The number of hydrogen-bond acceptors (Lipinski definition) is 5. The first-order valence-electron chi connectivity index (χ1n) is 8.77. The molecule has 0 bridgehead atoms. The molecule has 0 spiro atoms. The molecule has 1 aliphatic rings. The molecule has 1 N–H and O–H groups in total. The number of hydrogen-bond donors (Lipinski definition) is 1. The smallest absolute Gasteiger partial charge is 0.258 e. The van der Waals surface area contributed by atoms with Crippen LogP contribution in [0.3, 0.4) is 0 Å². The standard InChI is InChI=1S/C19H23FN4O2/c1-13-14(2)22-19(24-9-3-4-10-24)23-18(13)26-12-17(25)21-11-15-5-7-16(20)8-6-15/h5-8H,3-4,9-12H2,1-2H3,(H,21,25). The van der Waals surface area contributed by atoms with Crippen LogP contribution in [0.2, 0.25) is 0 Å². The van der Waals surface area contributed by atoms with Gasteiger partial charge >= 0.3 is 0 Å². The third-order valence-electron chi connectivity index (χ3n) is 4.46. The van der Waals surface area contributed by atoms with E-state index in [2.05, 4.69) is 20.2 Å². The third-order valence-corrected chi connectivity index (χ3v) is 4.46. The topological polar surface area (TPSA) is 67.3 Å². The molecule has 1 aliphatic heterocycles. The molecule has 3 rings (SSSR count). The van der Waals surface area contributed by atoms with Gasteiger partial charge in [-0.3, -0.25) is 4.79 Å². The highest BCUT2D eigenvalue weighted by Crippen LogP contribution is 2.23. The van der Waals surface area contributed by atoms with Crippen molar-refractivity contribution in [2.75, 3.05) is 24.6 Å². The number of benzene rings is 1. The van der Waals surface area contributed by atoms with Gasteiger partial charge in [0, 0.05) is 30.9 Å². The predicted molar refractivity (Wildman–Crippen MR) is 96.7 cm³/mol. The second-order valence-corrected chi connectivity index (χ2v) is 6.43. The van der Waals surface area contributed by atoms with E-state index in [1.54, 1.807) is 12.1 Å². The number of aromatic nitrogens is 2. The molecule has 0 unspecified atom stereocenters. The Morgan fingerprint density at radius 3 is 2.58 bits per heavy atom. The van der Waals surface area contributed by atoms with E-state index in [-0.39, 0.29) is 18.3 Å². The SMILES string of the molecule is Cc1nc(N2CCCC2)nc(OCC(=O)NCc2ccc(F)cc2)c1C. The number of anilines is 1. The summed E-state index contributed by atoms with van der Waals surface area (Å²) in [5.74, 6) is 0.545. The molecule has 1 aromatic carbocycles. The Bertz CT molecular complexity index is 774. The summed E-state index contributed by atoms with van der Waals surface area (Å²) in [6, 6.07) is 6.00. The Labute approximate surface area is 152 Å². The minimum Gasteiger partial charge on any atom is -0.467 e. The van der Waals surface area contributed by atoms with Crippen molar-refractivity contribution in [3.8, 4) is 5.88 Å². The molecule has 2 heterocycles. The number of nitrogens with zero attached hydrogens (tertiary/aromatic N) is 3. The van der Waals surface area contributed by atoms with Gasteiger partial charge in [-0.25, -0.2) is 9.37 Å². The van der Waals surface area contributed by atoms with Crippen LogP contribution >= 0.6 is 0 Å². The highest BCUT2D eigenvalue weighted by Gasteiger charge is 2.18. The number of rotatable bonds is 6. The van der Waals surface area contributed by atoms with Crippen molar-refractivity contribution in [3.05, 3.63) is 46.9 Å². The van der Waals surface area contributed by atoms with E-state index in [1.165, 1.54) is 12.1 Å². The average Bonchev–Trinajstić information content (AvgIpc) is 3.17. The van der Waals surface area contributed by atoms with Crippen LogP contribution in [0.5, 0.6) is 5.88 Å². The maximum atomic E-state index is 12.9. The highest BCUT2D eigenvalue weighted by molar-refractivity contribution is 5.77. The minimum absolute atomic E-state index is 0.127. The summed E-state index contributed by atoms with van der Waals surface area (Å²) in [5, 5.41) is 2.75. The van der Waals surface area contributed by atoms with E-state index in [4.69, 9.17) is 4.74 Å². The molecule has 0 saturated carbocycles. The maximum absolute atomic E-state index is 12.9. The summed E-state index contributed by atoms with van der Waals surface area (Å²) in [5.41, 5.74) is 2.51. The van der Waals surface area contributed by atoms with E-state index in [0.29, 0.717) is 18.4 Å². The molecule has 2 aromatic rings. The van der Waals surface area contributed by atoms with Crippen LogP contribution in [-0.4, -0.2) is 35.6 Å². The molecule has 1 saturated heterocycles. The van der Waals surface area contributed by atoms with Gasteiger partial charge in [-0.15, -0.1) is 0 Å². The van der Waals surface area contributed by atoms with Crippen molar-refractivity contribution < 1.29 is 13.9 Å². The van der Waals surface area contributed by atoms with Gasteiger partial charge in [0.05, 0.1) is 0 Å². The van der Waals surface area contributed by atoms with Gasteiger partial charge in [-0.2, -0.15) is 4.98 Å². The van der Waals surface area contributed by atoms with Crippen LogP contribution in [0.25, 0.3) is 0 Å². The summed E-state index contributed by atoms with van der Waals surface area (Å²) in [4.78, 5) is 23.2. The monoisotopic (exact) mass is 358 g/mol. The molecule has 7 heteroatoms. The van der Waals surface area contributed by atoms with Crippen LogP contribution < -0.4 is 15.0 Å². The second kappa shape index (κ2) is 8.12. The fourth-order valence-electron chi connectivity index (χ4n) is 2.78. The Morgan fingerprint density at radius 2 is 1.88 bits per heavy atom. The Hall–Kier alpha value is -2.70. The molecule has 1 amide bonds. The summed E-state index contributed by atoms with van der Waals surface area (Å²) < 4.78 is 18.5. The molecule has 26 heavy (non-hydrogen) atoms. The van der Waals surface area contributed by atoms with Crippen molar-refractivity contribution in [1.82, 2.24) is 15.3 Å². The zero-order valence-corrected chi connectivity index (χ0v) is 15.1. The zero-order chi connectivity index (χ0) is 18.5.